The van der Waals surface area contributed by atoms with Crippen molar-refractivity contribution in [3.63, 3.8) is 0 Å². The lowest BCUT2D eigenvalue weighted by Gasteiger charge is -2.13. The normalized spacial score (nSPS) is 10.9. The van der Waals surface area contributed by atoms with Gasteiger partial charge in [-0.15, -0.1) is 0 Å². The molecule has 3 aromatic carbocycles. The van der Waals surface area contributed by atoms with Crippen molar-refractivity contribution in [2.45, 2.75) is 13.3 Å². The molecule has 0 fully saturated rings. The average Bonchev–Trinajstić information content (AvgIpc) is 2.56. The molecule has 3 rings (SSSR count). The molecular weight excluding hydrogens is 328 g/mol. The highest BCUT2D eigenvalue weighted by molar-refractivity contribution is 5.73. The van der Waals surface area contributed by atoms with Gasteiger partial charge in [-0.05, 0) is 53.4 Å². The van der Waals surface area contributed by atoms with Gasteiger partial charge in [-0.25, -0.2) is 13.2 Å². The van der Waals surface area contributed by atoms with E-state index in [0.717, 1.165) is 0 Å². The topological polar surface area (TPSA) is 0 Å². The van der Waals surface area contributed by atoms with Gasteiger partial charge in [0.05, 0.1) is 6.67 Å². The molecule has 0 heterocycles. The molecule has 0 aliphatic carbocycles. The van der Waals surface area contributed by atoms with E-state index in [0.29, 0.717) is 27.8 Å². The summed E-state index contributed by atoms with van der Waals surface area (Å²) >= 11 is 0. The van der Waals surface area contributed by atoms with Crippen molar-refractivity contribution in [1.29, 1.82) is 0 Å². The Labute approximate surface area is 143 Å². The molecule has 0 spiro atoms. The molecule has 3 aromatic rings. The molecule has 0 atom stereocenters. The van der Waals surface area contributed by atoms with Crippen LogP contribution in [0.15, 0.2) is 54.6 Å². The molecule has 0 aliphatic rings. The highest BCUT2D eigenvalue weighted by Gasteiger charge is 2.15. The van der Waals surface area contributed by atoms with E-state index in [4.69, 9.17) is 0 Å². The quantitative estimate of drug-likeness (QED) is 0.490. The Kier molecular flexibility index (Phi) is 4.88. The van der Waals surface area contributed by atoms with Gasteiger partial charge in [-0.2, -0.15) is 0 Å². The second-order valence-electron chi connectivity index (χ2n) is 5.92. The Morgan fingerprint density at radius 1 is 0.760 bits per heavy atom. The van der Waals surface area contributed by atoms with Crippen LogP contribution in [0.5, 0.6) is 0 Å². The van der Waals surface area contributed by atoms with Crippen LogP contribution in [0.1, 0.15) is 11.1 Å². The van der Waals surface area contributed by atoms with Crippen LogP contribution in [0.3, 0.4) is 0 Å². The van der Waals surface area contributed by atoms with Gasteiger partial charge in [0, 0.05) is 17.5 Å². The van der Waals surface area contributed by atoms with Crippen molar-refractivity contribution in [1.82, 2.24) is 0 Å². The van der Waals surface area contributed by atoms with E-state index >= 15 is 0 Å². The minimum absolute atomic E-state index is 0.0647. The highest BCUT2D eigenvalue weighted by atomic mass is 19.1. The lowest BCUT2D eigenvalue weighted by atomic mass is 9.93. The van der Waals surface area contributed by atoms with Gasteiger partial charge in [0.25, 0.3) is 0 Å². The first-order valence-corrected chi connectivity index (χ1v) is 7.90. The summed E-state index contributed by atoms with van der Waals surface area (Å²) in [7, 11) is 0. The zero-order valence-electron chi connectivity index (χ0n) is 13.6. The molecule has 0 aliphatic heterocycles. The monoisotopic (exact) mass is 344 g/mol. The van der Waals surface area contributed by atoms with Crippen LogP contribution < -0.4 is 0 Å². The molecule has 0 saturated heterocycles. The maximum Gasteiger partial charge on any atom is 0.131 e. The van der Waals surface area contributed by atoms with E-state index in [-0.39, 0.29) is 12.0 Å². The summed E-state index contributed by atoms with van der Waals surface area (Å²) in [6, 6.07) is 12.9. The largest absolute Gasteiger partial charge is 0.251 e. The lowest BCUT2D eigenvalue weighted by molar-refractivity contribution is 0.494. The lowest BCUT2D eigenvalue weighted by Crippen LogP contribution is -1.98. The van der Waals surface area contributed by atoms with Gasteiger partial charge in [-0.1, -0.05) is 30.3 Å². The Hall–Kier alpha value is -2.62. The SMILES string of the molecule is Cc1cc(F)c(-c2ccc(-c3ccc(F)cc3)c(F)c2)c(CCF)c1. The van der Waals surface area contributed by atoms with E-state index < -0.39 is 24.1 Å². The van der Waals surface area contributed by atoms with Gasteiger partial charge in [0.1, 0.15) is 17.5 Å². The first-order valence-electron chi connectivity index (χ1n) is 7.90. The third-order valence-electron chi connectivity index (χ3n) is 4.09. The maximum atomic E-state index is 14.6. The summed E-state index contributed by atoms with van der Waals surface area (Å²) in [4.78, 5) is 0. The van der Waals surface area contributed by atoms with Gasteiger partial charge >= 0.3 is 0 Å². The van der Waals surface area contributed by atoms with Crippen LogP contribution in [-0.4, -0.2) is 6.67 Å². The molecule has 0 radical (unpaired) electrons. The van der Waals surface area contributed by atoms with Crippen LogP contribution >= 0.6 is 0 Å². The molecule has 0 saturated carbocycles. The number of aryl methyl sites for hydroxylation is 2. The molecule has 25 heavy (non-hydrogen) atoms. The van der Waals surface area contributed by atoms with Gasteiger partial charge in [0.15, 0.2) is 0 Å². The van der Waals surface area contributed by atoms with E-state index in [1.807, 2.05) is 0 Å². The summed E-state index contributed by atoms with van der Waals surface area (Å²) in [5.41, 5.74) is 2.58. The zero-order chi connectivity index (χ0) is 18.0. The number of halogens is 4. The Balaban J connectivity index is 2.08. The molecule has 0 unspecified atom stereocenters. The fourth-order valence-corrected chi connectivity index (χ4v) is 2.97. The van der Waals surface area contributed by atoms with E-state index in [1.54, 1.807) is 19.1 Å². The molecule has 0 N–H and O–H groups in total. The Morgan fingerprint density at radius 2 is 1.44 bits per heavy atom. The van der Waals surface area contributed by atoms with E-state index in [9.17, 15) is 17.6 Å². The van der Waals surface area contributed by atoms with Crippen molar-refractivity contribution in [3.8, 4) is 22.3 Å². The highest BCUT2D eigenvalue weighted by Crippen LogP contribution is 2.32. The van der Waals surface area contributed by atoms with E-state index in [2.05, 4.69) is 0 Å². The van der Waals surface area contributed by atoms with E-state index in [1.165, 1.54) is 42.5 Å². The Morgan fingerprint density at radius 3 is 2.08 bits per heavy atom. The smallest absolute Gasteiger partial charge is 0.131 e. The van der Waals surface area contributed by atoms with Gasteiger partial charge in [-0.3, -0.25) is 4.39 Å². The second-order valence-corrected chi connectivity index (χ2v) is 5.92. The predicted molar refractivity (Wildman–Crippen MR) is 91.6 cm³/mol. The summed E-state index contributed by atoms with van der Waals surface area (Å²) in [6.45, 7) is 1.11. The molecular formula is C21H16F4. The number of hydrogen-bond donors (Lipinski definition) is 0. The van der Waals surface area contributed by atoms with Gasteiger partial charge in [0.2, 0.25) is 0 Å². The number of alkyl halides is 1. The average molecular weight is 344 g/mol. The molecule has 0 aromatic heterocycles. The molecule has 0 nitrogen and oxygen atoms in total. The summed E-state index contributed by atoms with van der Waals surface area (Å²) in [5, 5.41) is 0. The summed E-state index contributed by atoms with van der Waals surface area (Å²) in [5.74, 6) is -1.45. The third kappa shape index (κ3) is 3.58. The number of rotatable bonds is 4. The molecule has 4 heteroatoms. The Bertz CT molecular complexity index is 899. The van der Waals surface area contributed by atoms with Crippen molar-refractivity contribution in [2.24, 2.45) is 0 Å². The first-order chi connectivity index (χ1) is 12.0. The zero-order valence-corrected chi connectivity index (χ0v) is 13.6. The standard InChI is InChI=1S/C21H16F4/c1-13-10-16(8-9-22)21(20(25)11-13)15-4-7-18(19(24)12-15)14-2-5-17(23)6-3-14/h2-7,10-12H,8-9H2,1H3. The molecule has 0 amide bonds. The summed E-state index contributed by atoms with van der Waals surface area (Å²) in [6.07, 6.45) is 0.0647. The maximum absolute atomic E-state index is 14.6. The van der Waals surface area contributed by atoms with Gasteiger partial charge < -0.3 is 0 Å². The van der Waals surface area contributed by atoms with Crippen LogP contribution in [0.4, 0.5) is 17.6 Å². The molecule has 128 valence electrons. The van der Waals surface area contributed by atoms with Crippen molar-refractivity contribution in [2.75, 3.05) is 6.67 Å². The minimum atomic E-state index is -0.619. The number of hydrogen-bond acceptors (Lipinski definition) is 0. The minimum Gasteiger partial charge on any atom is -0.251 e. The van der Waals surface area contributed by atoms with Crippen LogP contribution in [-0.2, 0) is 6.42 Å². The van der Waals surface area contributed by atoms with Crippen LogP contribution in [0, 0.1) is 24.4 Å². The van der Waals surface area contributed by atoms with Crippen LogP contribution in [0.2, 0.25) is 0 Å². The fraction of sp³-hybridized carbons (Fsp3) is 0.143. The number of benzene rings is 3. The second kappa shape index (κ2) is 7.09. The van der Waals surface area contributed by atoms with Crippen LogP contribution in [0.25, 0.3) is 22.3 Å². The van der Waals surface area contributed by atoms with Crippen molar-refractivity contribution >= 4 is 0 Å². The predicted octanol–water partition coefficient (Wildman–Crippen LogP) is 6.26. The first kappa shape index (κ1) is 17.2. The molecule has 0 bridgehead atoms. The third-order valence-corrected chi connectivity index (χ3v) is 4.09. The van der Waals surface area contributed by atoms with Crippen molar-refractivity contribution < 1.29 is 17.6 Å². The van der Waals surface area contributed by atoms with Crippen molar-refractivity contribution in [3.05, 3.63) is 83.2 Å². The summed E-state index contributed by atoms with van der Waals surface area (Å²) < 4.78 is 54.8. The fourth-order valence-electron chi connectivity index (χ4n) is 2.97.